The molecule has 4 aromatic rings. The zero-order valence-electron chi connectivity index (χ0n) is 19.6. The van der Waals surface area contributed by atoms with Gasteiger partial charge in [-0.1, -0.05) is 33.6 Å². The van der Waals surface area contributed by atoms with Crippen LogP contribution in [0.1, 0.15) is 43.2 Å². The first-order valence-electron chi connectivity index (χ1n) is 11.0. The van der Waals surface area contributed by atoms with Gasteiger partial charge >= 0.3 is 5.97 Å². The minimum absolute atomic E-state index is 0.332. The molecule has 0 fully saturated rings. The molecule has 176 valence electrons. The minimum Gasteiger partial charge on any atom is -0.422 e. The molecule has 0 bridgehead atoms. The van der Waals surface area contributed by atoms with Gasteiger partial charge in [-0.2, -0.15) is 5.10 Å². The van der Waals surface area contributed by atoms with E-state index in [1.54, 1.807) is 42.5 Å². The highest BCUT2D eigenvalue weighted by molar-refractivity contribution is 9.10. The van der Waals surface area contributed by atoms with Crippen molar-refractivity contribution in [1.29, 1.82) is 0 Å². The summed E-state index contributed by atoms with van der Waals surface area (Å²) < 4.78 is 8.47. The second-order valence-corrected chi connectivity index (χ2v) is 9.05. The lowest BCUT2D eigenvalue weighted by molar-refractivity contribution is 0.0734. The summed E-state index contributed by atoms with van der Waals surface area (Å²) >= 11 is 3.41. The van der Waals surface area contributed by atoms with Crippen molar-refractivity contribution < 1.29 is 14.3 Å². The van der Waals surface area contributed by atoms with Gasteiger partial charge in [-0.05, 0) is 87.5 Å². The van der Waals surface area contributed by atoms with Crippen LogP contribution in [0.3, 0.4) is 0 Å². The summed E-state index contributed by atoms with van der Waals surface area (Å²) in [5.41, 5.74) is 8.28. The SMILES string of the molecule is Cc1ccc(C(=O)Oc2ccc(Br)cc2/C=N/NC(=O)c2ccc(-n3c(C)ccc3C)cc2)cc1. The van der Waals surface area contributed by atoms with Gasteiger partial charge in [-0.15, -0.1) is 0 Å². The van der Waals surface area contributed by atoms with Crippen LogP contribution in [0.4, 0.5) is 0 Å². The van der Waals surface area contributed by atoms with E-state index in [1.165, 1.54) is 6.21 Å². The van der Waals surface area contributed by atoms with Gasteiger partial charge in [-0.25, -0.2) is 10.2 Å². The number of esters is 1. The Labute approximate surface area is 212 Å². The molecule has 1 amide bonds. The molecule has 0 atom stereocenters. The lowest BCUT2D eigenvalue weighted by Crippen LogP contribution is -2.18. The number of aryl methyl sites for hydroxylation is 3. The standard InChI is InChI=1S/C28H24BrN3O3/c1-18-4-8-22(9-5-18)28(34)35-26-15-12-24(29)16-23(26)17-30-31-27(33)21-10-13-25(14-11-21)32-19(2)6-7-20(32)3/h4-17H,1-3H3,(H,31,33)/b30-17+. The summed E-state index contributed by atoms with van der Waals surface area (Å²) in [6, 6.07) is 23.7. The number of benzene rings is 3. The number of hydrogen-bond acceptors (Lipinski definition) is 4. The van der Waals surface area contributed by atoms with Crippen LogP contribution in [0.5, 0.6) is 5.75 Å². The van der Waals surface area contributed by atoms with E-state index in [1.807, 2.05) is 45.0 Å². The molecule has 0 radical (unpaired) electrons. The van der Waals surface area contributed by atoms with Crippen LogP contribution < -0.4 is 10.2 Å². The predicted molar refractivity (Wildman–Crippen MR) is 141 cm³/mol. The molecule has 35 heavy (non-hydrogen) atoms. The summed E-state index contributed by atoms with van der Waals surface area (Å²) in [5.74, 6) is -0.486. The Balaban J connectivity index is 1.45. The number of nitrogens with zero attached hydrogens (tertiary/aromatic N) is 2. The number of amides is 1. The smallest absolute Gasteiger partial charge is 0.343 e. The van der Waals surface area contributed by atoms with Crippen LogP contribution in [0.2, 0.25) is 0 Å². The zero-order chi connectivity index (χ0) is 24.9. The van der Waals surface area contributed by atoms with Gasteiger partial charge in [-0.3, -0.25) is 4.79 Å². The van der Waals surface area contributed by atoms with Gasteiger partial charge in [0, 0.05) is 32.7 Å². The van der Waals surface area contributed by atoms with Gasteiger partial charge in [0.1, 0.15) is 5.75 Å². The van der Waals surface area contributed by atoms with Crippen molar-refractivity contribution in [3.05, 3.63) is 117 Å². The fourth-order valence-electron chi connectivity index (χ4n) is 3.62. The third kappa shape index (κ3) is 5.75. The largest absolute Gasteiger partial charge is 0.422 e. The van der Waals surface area contributed by atoms with Crippen molar-refractivity contribution in [2.45, 2.75) is 20.8 Å². The molecule has 0 aliphatic heterocycles. The average Bonchev–Trinajstić information content (AvgIpc) is 3.18. The molecular weight excluding hydrogens is 506 g/mol. The molecule has 1 heterocycles. The Kier molecular flexibility index (Phi) is 7.27. The topological polar surface area (TPSA) is 72.7 Å². The molecule has 6 nitrogen and oxygen atoms in total. The van der Waals surface area contributed by atoms with E-state index in [0.29, 0.717) is 22.4 Å². The van der Waals surface area contributed by atoms with Crippen molar-refractivity contribution in [2.24, 2.45) is 5.10 Å². The van der Waals surface area contributed by atoms with Crippen molar-refractivity contribution in [2.75, 3.05) is 0 Å². The number of halogens is 1. The second kappa shape index (κ2) is 10.5. The Morgan fingerprint density at radius 3 is 2.14 bits per heavy atom. The molecule has 0 spiro atoms. The minimum atomic E-state index is -0.473. The van der Waals surface area contributed by atoms with E-state index in [4.69, 9.17) is 4.74 Å². The monoisotopic (exact) mass is 529 g/mol. The third-order valence-corrected chi connectivity index (χ3v) is 5.98. The van der Waals surface area contributed by atoms with Crippen molar-refractivity contribution >= 4 is 34.0 Å². The number of hydrogen-bond donors (Lipinski definition) is 1. The molecule has 0 saturated heterocycles. The number of carbonyl (C=O) groups is 2. The molecule has 0 saturated carbocycles. The maximum atomic E-state index is 12.6. The Bertz CT molecular complexity index is 1390. The van der Waals surface area contributed by atoms with Crippen molar-refractivity contribution in [3.8, 4) is 11.4 Å². The highest BCUT2D eigenvalue weighted by Gasteiger charge is 2.12. The Morgan fingerprint density at radius 1 is 0.857 bits per heavy atom. The summed E-state index contributed by atoms with van der Waals surface area (Å²) in [5, 5.41) is 4.07. The first kappa shape index (κ1) is 24.2. The van der Waals surface area contributed by atoms with Crippen molar-refractivity contribution in [1.82, 2.24) is 9.99 Å². The number of hydrazone groups is 1. The van der Waals surface area contributed by atoms with Crippen LogP contribution >= 0.6 is 15.9 Å². The van der Waals surface area contributed by atoms with Gasteiger partial charge in [0.15, 0.2) is 0 Å². The molecule has 0 aliphatic rings. The molecule has 0 unspecified atom stereocenters. The van der Waals surface area contributed by atoms with Gasteiger partial charge < -0.3 is 9.30 Å². The van der Waals surface area contributed by atoms with E-state index >= 15 is 0 Å². The van der Waals surface area contributed by atoms with E-state index in [9.17, 15) is 9.59 Å². The molecule has 3 aromatic carbocycles. The normalized spacial score (nSPS) is 11.0. The first-order valence-corrected chi connectivity index (χ1v) is 11.8. The number of carbonyl (C=O) groups excluding carboxylic acids is 2. The molecular formula is C28H24BrN3O3. The van der Waals surface area contributed by atoms with E-state index in [0.717, 1.165) is 27.1 Å². The van der Waals surface area contributed by atoms with Crippen molar-refractivity contribution in [3.63, 3.8) is 0 Å². The third-order valence-electron chi connectivity index (χ3n) is 5.49. The average molecular weight is 530 g/mol. The van der Waals surface area contributed by atoms with Crippen LogP contribution in [0, 0.1) is 20.8 Å². The van der Waals surface area contributed by atoms with Crippen LogP contribution in [-0.4, -0.2) is 22.7 Å². The highest BCUT2D eigenvalue weighted by Crippen LogP contribution is 2.23. The summed E-state index contributed by atoms with van der Waals surface area (Å²) in [6.07, 6.45) is 1.45. The first-order chi connectivity index (χ1) is 16.8. The Morgan fingerprint density at radius 2 is 1.49 bits per heavy atom. The number of rotatable bonds is 6. The van der Waals surface area contributed by atoms with Crippen LogP contribution in [0.25, 0.3) is 5.69 Å². The fraction of sp³-hybridized carbons (Fsp3) is 0.107. The maximum Gasteiger partial charge on any atom is 0.343 e. The fourth-order valence-corrected chi connectivity index (χ4v) is 4.00. The van der Waals surface area contributed by atoms with E-state index in [-0.39, 0.29) is 5.91 Å². The van der Waals surface area contributed by atoms with E-state index in [2.05, 4.69) is 43.2 Å². The summed E-state index contributed by atoms with van der Waals surface area (Å²) in [4.78, 5) is 25.1. The quantitative estimate of drug-likeness (QED) is 0.141. The summed E-state index contributed by atoms with van der Waals surface area (Å²) in [7, 11) is 0. The Hall–Kier alpha value is -3.97. The molecule has 1 N–H and O–H groups in total. The molecule has 1 aromatic heterocycles. The van der Waals surface area contributed by atoms with Gasteiger partial charge in [0.05, 0.1) is 11.8 Å². The molecule has 0 aliphatic carbocycles. The molecule has 4 rings (SSSR count). The predicted octanol–water partition coefficient (Wildman–Crippen LogP) is 6.15. The maximum absolute atomic E-state index is 12.6. The van der Waals surface area contributed by atoms with Gasteiger partial charge in [0.2, 0.25) is 0 Å². The number of nitrogens with one attached hydrogen (secondary N) is 1. The number of aromatic nitrogens is 1. The second-order valence-electron chi connectivity index (χ2n) is 8.14. The highest BCUT2D eigenvalue weighted by atomic mass is 79.9. The van der Waals surface area contributed by atoms with E-state index < -0.39 is 5.97 Å². The van der Waals surface area contributed by atoms with Crippen LogP contribution in [-0.2, 0) is 0 Å². The zero-order valence-corrected chi connectivity index (χ0v) is 21.2. The lowest BCUT2D eigenvalue weighted by Gasteiger charge is -2.10. The summed E-state index contributed by atoms with van der Waals surface area (Å²) in [6.45, 7) is 6.03. The number of ether oxygens (including phenoxy) is 1. The van der Waals surface area contributed by atoms with Crippen LogP contribution in [0.15, 0.2) is 88.4 Å². The van der Waals surface area contributed by atoms with Gasteiger partial charge in [0.25, 0.3) is 5.91 Å². The molecule has 7 heteroatoms. The lowest BCUT2D eigenvalue weighted by atomic mass is 10.1.